The fourth-order valence-electron chi connectivity index (χ4n) is 7.72. The molecule has 2 aromatic heterocycles. The molecule has 7 rings (SSSR count). The number of hydrogen-bond donors (Lipinski definition) is 2. The highest BCUT2D eigenvalue weighted by atomic mass is 79.9. The molecule has 4 aromatic carbocycles. The summed E-state index contributed by atoms with van der Waals surface area (Å²) in [6, 6.07) is 27.7. The monoisotopic (exact) mass is 1030 g/mol. The molecule has 0 bridgehead atoms. The van der Waals surface area contributed by atoms with Crippen LogP contribution in [0.2, 0.25) is 0 Å². The van der Waals surface area contributed by atoms with Gasteiger partial charge >= 0.3 is 5.97 Å². The molecule has 0 saturated carbocycles. The number of nitriles is 2. The van der Waals surface area contributed by atoms with Gasteiger partial charge < -0.3 is 34.3 Å². The zero-order valence-electron chi connectivity index (χ0n) is 37.1. The molecular formula is C52H48Br2N6O7. The molecule has 0 aliphatic carbocycles. The Morgan fingerprint density at radius 1 is 0.716 bits per heavy atom. The molecule has 1 fully saturated rings. The van der Waals surface area contributed by atoms with E-state index in [9.17, 15) is 20.1 Å². The third-order valence-electron chi connectivity index (χ3n) is 11.4. The number of hydrogen-bond acceptors (Lipinski definition) is 11. The number of likely N-dealkylation sites (tertiary alicyclic amines) is 1. The Kier molecular flexibility index (Phi) is 16.6. The molecule has 342 valence electrons. The number of nitrogens with one attached hydrogen (secondary N) is 1. The topological polar surface area (TPSA) is 180 Å². The van der Waals surface area contributed by atoms with E-state index in [0.29, 0.717) is 73.1 Å². The lowest BCUT2D eigenvalue weighted by atomic mass is 9.92. The van der Waals surface area contributed by atoms with Crippen molar-refractivity contribution in [3.05, 3.63) is 162 Å². The number of ether oxygens (including phenoxy) is 4. The number of carbonyl (C=O) groups excluding carboxylic acids is 1. The molecule has 0 atom stereocenters. The zero-order valence-corrected chi connectivity index (χ0v) is 40.3. The first-order chi connectivity index (χ1) is 32.5. The highest BCUT2D eigenvalue weighted by Crippen LogP contribution is 2.38. The van der Waals surface area contributed by atoms with E-state index in [-0.39, 0.29) is 38.8 Å². The maximum Gasteiger partial charge on any atom is 0.303 e. The number of carboxylic acid groups (broad SMARTS) is 1. The third kappa shape index (κ3) is 12.8. The summed E-state index contributed by atoms with van der Waals surface area (Å²) in [4.78, 5) is 33.8. The highest BCUT2D eigenvalue weighted by Gasteiger charge is 2.23. The van der Waals surface area contributed by atoms with Gasteiger partial charge in [-0.25, -0.2) is 0 Å². The molecule has 2 N–H and O–H groups in total. The van der Waals surface area contributed by atoms with Gasteiger partial charge in [-0.3, -0.25) is 19.6 Å². The van der Waals surface area contributed by atoms with Crippen LogP contribution in [0.25, 0.3) is 11.1 Å². The molecule has 1 aliphatic rings. The normalized spacial score (nSPS) is 12.1. The van der Waals surface area contributed by atoms with E-state index in [1.807, 2.05) is 47.4 Å². The van der Waals surface area contributed by atoms with Gasteiger partial charge in [0.2, 0.25) is 5.91 Å². The number of amides is 1. The van der Waals surface area contributed by atoms with Crippen LogP contribution in [-0.4, -0.2) is 44.9 Å². The van der Waals surface area contributed by atoms with Crippen LogP contribution in [0.1, 0.15) is 81.3 Å². The molecule has 3 heterocycles. The minimum Gasteiger partial charge on any atom is -0.488 e. The molecule has 67 heavy (non-hydrogen) atoms. The fraction of sp³-hybridized carbons (Fsp3) is 0.269. The van der Waals surface area contributed by atoms with Gasteiger partial charge in [0.25, 0.3) is 0 Å². The van der Waals surface area contributed by atoms with Gasteiger partial charge in [-0.15, -0.1) is 0 Å². The first-order valence-corrected chi connectivity index (χ1v) is 23.3. The van der Waals surface area contributed by atoms with Crippen molar-refractivity contribution in [1.82, 2.24) is 20.2 Å². The number of benzene rings is 4. The molecule has 1 amide bonds. The Labute approximate surface area is 406 Å². The Hall–Kier alpha value is -6.78. The van der Waals surface area contributed by atoms with Crippen LogP contribution in [0.4, 0.5) is 0 Å². The number of carbonyl (C=O) groups is 2. The SMILES string of the molecule is Cc1c(COc2cc(OCc3cncc(C#N)c3)c(CNCCCC(=O)O)cc2Br)cccc1-c1cccc(COc2cc(OCc3cncc(C#N)c3)c(CN3CCCC3=O)cc2Br)c1C. The fourth-order valence-corrected chi connectivity index (χ4v) is 8.73. The van der Waals surface area contributed by atoms with Crippen molar-refractivity contribution in [3.8, 4) is 46.3 Å². The number of pyridine rings is 2. The van der Waals surface area contributed by atoms with Crippen molar-refractivity contribution in [2.75, 3.05) is 13.1 Å². The second kappa shape index (κ2) is 23.1. The van der Waals surface area contributed by atoms with Crippen molar-refractivity contribution >= 4 is 43.7 Å². The average molecular weight is 1030 g/mol. The lowest BCUT2D eigenvalue weighted by Crippen LogP contribution is -2.24. The Morgan fingerprint density at radius 2 is 1.24 bits per heavy atom. The molecule has 6 aromatic rings. The van der Waals surface area contributed by atoms with E-state index in [0.717, 1.165) is 71.0 Å². The molecule has 0 unspecified atom stereocenters. The molecule has 0 spiro atoms. The highest BCUT2D eigenvalue weighted by molar-refractivity contribution is 9.11. The lowest BCUT2D eigenvalue weighted by Gasteiger charge is -2.21. The van der Waals surface area contributed by atoms with Crippen LogP contribution >= 0.6 is 31.9 Å². The van der Waals surface area contributed by atoms with Gasteiger partial charge in [0.05, 0.1) is 20.1 Å². The number of rotatable bonds is 21. The Bertz CT molecular complexity index is 2860. The van der Waals surface area contributed by atoms with Crippen LogP contribution in [0.15, 0.2) is 107 Å². The van der Waals surface area contributed by atoms with Gasteiger partial charge in [0.15, 0.2) is 0 Å². The summed E-state index contributed by atoms with van der Waals surface area (Å²) >= 11 is 7.43. The largest absolute Gasteiger partial charge is 0.488 e. The van der Waals surface area contributed by atoms with Gasteiger partial charge in [-0.05, 0) is 123 Å². The number of nitrogens with zero attached hydrogens (tertiary/aromatic N) is 5. The first-order valence-electron chi connectivity index (χ1n) is 21.7. The standard InChI is InChI=1S/C52H48Br2N6O7/c1-33-39(31-66-49-19-47(64-29-37-15-35(21-55)23-58-25-37)41(17-45(49)53)27-57-13-5-12-52(62)63)7-3-9-43(33)44-10-4-8-40(34(44)2)32-67-50-20-48(65-30-38-16-36(22-56)24-59-26-38)42(18-46(50)54)28-60-14-6-11-51(60)61/h3-4,7-10,15-20,23-26,57H,5-6,11-14,27-32H2,1-2H3,(H,62,63). The van der Waals surface area contributed by atoms with Gasteiger partial charge in [-0.1, -0.05) is 36.4 Å². The Balaban J connectivity index is 1.07. The van der Waals surface area contributed by atoms with Gasteiger partial charge in [0.1, 0.15) is 61.6 Å². The van der Waals surface area contributed by atoms with E-state index in [2.05, 4.69) is 91.3 Å². The number of aromatic nitrogens is 2. The molecule has 15 heteroatoms. The molecular weight excluding hydrogens is 980 g/mol. The minimum atomic E-state index is -0.837. The van der Waals surface area contributed by atoms with Crippen LogP contribution in [0.3, 0.4) is 0 Å². The summed E-state index contributed by atoms with van der Waals surface area (Å²) in [7, 11) is 0. The number of aliphatic carboxylic acids is 1. The molecule has 1 saturated heterocycles. The lowest BCUT2D eigenvalue weighted by molar-refractivity contribution is -0.137. The maximum atomic E-state index is 12.6. The van der Waals surface area contributed by atoms with Crippen molar-refractivity contribution in [3.63, 3.8) is 0 Å². The minimum absolute atomic E-state index is 0.0764. The van der Waals surface area contributed by atoms with E-state index < -0.39 is 5.97 Å². The predicted octanol–water partition coefficient (Wildman–Crippen LogP) is 10.4. The first kappa shape index (κ1) is 48.2. The van der Waals surface area contributed by atoms with E-state index in [1.165, 1.54) is 12.4 Å². The number of carboxylic acids is 1. The van der Waals surface area contributed by atoms with E-state index in [4.69, 9.17) is 24.1 Å². The average Bonchev–Trinajstić information content (AvgIpc) is 3.74. The summed E-state index contributed by atoms with van der Waals surface area (Å²) in [5, 5.41) is 31.1. The van der Waals surface area contributed by atoms with Crippen LogP contribution in [-0.2, 0) is 49.1 Å². The van der Waals surface area contributed by atoms with Crippen molar-refractivity contribution in [2.24, 2.45) is 0 Å². The van der Waals surface area contributed by atoms with Gasteiger partial charge in [-0.2, -0.15) is 10.5 Å². The van der Waals surface area contributed by atoms with Gasteiger partial charge in [0, 0.05) is 91.6 Å². The van der Waals surface area contributed by atoms with Crippen molar-refractivity contribution in [2.45, 2.75) is 79.0 Å². The molecule has 0 radical (unpaired) electrons. The van der Waals surface area contributed by atoms with E-state index in [1.54, 1.807) is 24.5 Å². The summed E-state index contributed by atoms with van der Waals surface area (Å²) < 4.78 is 27.1. The predicted molar refractivity (Wildman–Crippen MR) is 258 cm³/mol. The van der Waals surface area contributed by atoms with Crippen molar-refractivity contribution in [1.29, 1.82) is 10.5 Å². The summed E-state index contributed by atoms with van der Waals surface area (Å²) in [6.45, 7) is 7.16. The maximum absolute atomic E-state index is 12.6. The van der Waals surface area contributed by atoms with Crippen LogP contribution in [0.5, 0.6) is 23.0 Å². The van der Waals surface area contributed by atoms with Crippen LogP contribution < -0.4 is 24.3 Å². The zero-order chi connectivity index (χ0) is 47.3. The Morgan fingerprint density at radius 3 is 1.75 bits per heavy atom. The second-order valence-corrected chi connectivity index (χ2v) is 17.8. The smallest absolute Gasteiger partial charge is 0.303 e. The van der Waals surface area contributed by atoms with Crippen molar-refractivity contribution < 1.29 is 33.6 Å². The van der Waals surface area contributed by atoms with Crippen LogP contribution in [0, 0.1) is 36.5 Å². The summed E-state index contributed by atoms with van der Waals surface area (Å²) in [5.74, 6) is 1.60. The summed E-state index contributed by atoms with van der Waals surface area (Å²) in [5.41, 5.74) is 10.3. The molecule has 13 nitrogen and oxygen atoms in total. The number of halogens is 2. The van der Waals surface area contributed by atoms with E-state index >= 15 is 0 Å². The third-order valence-corrected chi connectivity index (χ3v) is 12.6. The quantitative estimate of drug-likeness (QED) is 0.0653. The second-order valence-electron chi connectivity index (χ2n) is 16.1. The molecule has 1 aliphatic heterocycles. The summed E-state index contributed by atoms with van der Waals surface area (Å²) in [6.07, 6.45) is 8.26.